The van der Waals surface area contributed by atoms with E-state index in [1.807, 2.05) is 73.5 Å². The number of aromatic nitrogens is 1. The number of carbonyl (C=O) groups excluding carboxylic acids is 1. The average molecular weight is 325 g/mol. The standard InChI is InChI=1S/C18H19N3OS/c1-3-21(18-19-15-11-7-8-12-16(15)23-18)17(22)13-20(2)14-9-5-4-6-10-14/h4-12H,3,13H2,1-2H3. The van der Waals surface area contributed by atoms with Gasteiger partial charge in [0.15, 0.2) is 5.13 Å². The predicted molar refractivity (Wildman–Crippen MR) is 97.4 cm³/mol. The minimum Gasteiger partial charge on any atom is -0.365 e. The Morgan fingerprint density at radius 2 is 1.78 bits per heavy atom. The van der Waals surface area contributed by atoms with E-state index in [1.165, 1.54) is 0 Å². The second-order valence-electron chi connectivity index (χ2n) is 5.29. The smallest absolute Gasteiger partial charge is 0.248 e. The first-order chi connectivity index (χ1) is 11.2. The van der Waals surface area contributed by atoms with Crippen molar-refractivity contribution in [2.24, 2.45) is 0 Å². The van der Waals surface area contributed by atoms with Gasteiger partial charge in [-0.3, -0.25) is 9.69 Å². The molecule has 0 fully saturated rings. The van der Waals surface area contributed by atoms with Gasteiger partial charge in [0.1, 0.15) is 0 Å². The van der Waals surface area contributed by atoms with Crippen molar-refractivity contribution in [3.63, 3.8) is 0 Å². The molecular formula is C18H19N3OS. The lowest BCUT2D eigenvalue weighted by Gasteiger charge is -2.23. The van der Waals surface area contributed by atoms with Crippen LogP contribution in [0.1, 0.15) is 6.92 Å². The number of para-hydroxylation sites is 2. The molecule has 0 N–H and O–H groups in total. The Hall–Kier alpha value is -2.40. The van der Waals surface area contributed by atoms with Gasteiger partial charge >= 0.3 is 0 Å². The monoisotopic (exact) mass is 325 g/mol. The lowest BCUT2D eigenvalue weighted by Crippen LogP contribution is -2.39. The number of hydrogen-bond donors (Lipinski definition) is 0. The molecule has 23 heavy (non-hydrogen) atoms. The predicted octanol–water partition coefficient (Wildman–Crippen LogP) is 3.79. The van der Waals surface area contributed by atoms with Crippen molar-refractivity contribution in [3.8, 4) is 0 Å². The molecule has 1 amide bonds. The van der Waals surface area contributed by atoms with Crippen LogP contribution in [0.2, 0.25) is 0 Å². The van der Waals surface area contributed by atoms with Crippen molar-refractivity contribution >= 4 is 38.3 Å². The third kappa shape index (κ3) is 3.35. The van der Waals surface area contributed by atoms with Gasteiger partial charge in [0.25, 0.3) is 0 Å². The van der Waals surface area contributed by atoms with E-state index >= 15 is 0 Å². The van der Waals surface area contributed by atoms with Crippen LogP contribution in [0.15, 0.2) is 54.6 Å². The van der Waals surface area contributed by atoms with E-state index in [0.29, 0.717) is 13.1 Å². The quantitative estimate of drug-likeness (QED) is 0.716. The minimum absolute atomic E-state index is 0.0536. The maximum absolute atomic E-state index is 12.7. The van der Waals surface area contributed by atoms with Crippen molar-refractivity contribution in [3.05, 3.63) is 54.6 Å². The summed E-state index contributed by atoms with van der Waals surface area (Å²) in [4.78, 5) is 21.0. The molecule has 4 nitrogen and oxygen atoms in total. The van der Waals surface area contributed by atoms with Gasteiger partial charge in [0.2, 0.25) is 5.91 Å². The molecule has 3 aromatic rings. The fraction of sp³-hybridized carbons (Fsp3) is 0.222. The van der Waals surface area contributed by atoms with Gasteiger partial charge in [-0.2, -0.15) is 0 Å². The van der Waals surface area contributed by atoms with Crippen LogP contribution in [0.3, 0.4) is 0 Å². The van der Waals surface area contributed by atoms with Crippen LogP contribution in [0.25, 0.3) is 10.2 Å². The lowest BCUT2D eigenvalue weighted by atomic mass is 10.3. The van der Waals surface area contributed by atoms with Crippen molar-refractivity contribution in [1.29, 1.82) is 0 Å². The Morgan fingerprint density at radius 1 is 1.09 bits per heavy atom. The molecule has 0 aliphatic carbocycles. The molecule has 0 aliphatic heterocycles. The van der Waals surface area contributed by atoms with E-state index in [9.17, 15) is 4.79 Å². The molecule has 1 heterocycles. The molecule has 0 atom stereocenters. The molecule has 0 aliphatic rings. The molecule has 3 rings (SSSR count). The number of likely N-dealkylation sites (N-methyl/N-ethyl adjacent to an activating group) is 2. The van der Waals surface area contributed by atoms with Gasteiger partial charge in [-0.05, 0) is 31.2 Å². The molecule has 0 unspecified atom stereocenters. The van der Waals surface area contributed by atoms with Gasteiger partial charge in [-0.15, -0.1) is 0 Å². The van der Waals surface area contributed by atoms with E-state index in [-0.39, 0.29) is 5.91 Å². The van der Waals surface area contributed by atoms with Crippen LogP contribution in [-0.4, -0.2) is 31.0 Å². The largest absolute Gasteiger partial charge is 0.365 e. The van der Waals surface area contributed by atoms with E-state index in [4.69, 9.17) is 0 Å². The highest BCUT2D eigenvalue weighted by atomic mass is 32.1. The third-order valence-corrected chi connectivity index (χ3v) is 4.76. The van der Waals surface area contributed by atoms with E-state index in [1.54, 1.807) is 16.2 Å². The van der Waals surface area contributed by atoms with Crippen LogP contribution in [0.5, 0.6) is 0 Å². The molecule has 0 radical (unpaired) electrons. The molecule has 0 saturated heterocycles. The van der Waals surface area contributed by atoms with E-state index in [0.717, 1.165) is 21.0 Å². The number of carbonyl (C=O) groups is 1. The molecule has 0 bridgehead atoms. The van der Waals surface area contributed by atoms with Crippen molar-refractivity contribution in [2.45, 2.75) is 6.92 Å². The molecule has 1 aromatic heterocycles. The first-order valence-corrected chi connectivity index (χ1v) is 8.43. The zero-order valence-corrected chi connectivity index (χ0v) is 14.1. The third-order valence-electron chi connectivity index (χ3n) is 3.70. The van der Waals surface area contributed by atoms with Crippen LogP contribution in [0.4, 0.5) is 10.8 Å². The van der Waals surface area contributed by atoms with Crippen molar-refractivity contribution in [1.82, 2.24) is 4.98 Å². The summed E-state index contributed by atoms with van der Waals surface area (Å²) in [5, 5.41) is 0.764. The normalized spacial score (nSPS) is 10.7. The highest BCUT2D eigenvalue weighted by Gasteiger charge is 2.19. The minimum atomic E-state index is 0.0536. The fourth-order valence-corrected chi connectivity index (χ4v) is 3.50. The molecule has 118 valence electrons. The Labute approximate surface area is 140 Å². The summed E-state index contributed by atoms with van der Waals surface area (Å²) in [6.45, 7) is 2.92. The van der Waals surface area contributed by atoms with Crippen LogP contribution < -0.4 is 9.80 Å². The topological polar surface area (TPSA) is 36.4 Å². The van der Waals surface area contributed by atoms with Crippen LogP contribution in [0, 0.1) is 0 Å². The molecule has 0 spiro atoms. The van der Waals surface area contributed by atoms with Gasteiger partial charge in [-0.25, -0.2) is 4.98 Å². The number of nitrogens with zero attached hydrogens (tertiary/aromatic N) is 3. The summed E-state index contributed by atoms with van der Waals surface area (Å²) in [6, 6.07) is 17.9. The van der Waals surface area contributed by atoms with Crippen LogP contribution >= 0.6 is 11.3 Å². The van der Waals surface area contributed by atoms with E-state index < -0.39 is 0 Å². The Bertz CT molecular complexity index is 767. The SMILES string of the molecule is CCN(C(=O)CN(C)c1ccccc1)c1nc2ccccc2s1. The number of anilines is 2. The van der Waals surface area contributed by atoms with Crippen molar-refractivity contribution in [2.75, 3.05) is 29.9 Å². The highest BCUT2D eigenvalue weighted by molar-refractivity contribution is 7.22. The maximum atomic E-state index is 12.7. The van der Waals surface area contributed by atoms with Gasteiger partial charge in [0.05, 0.1) is 16.8 Å². The Morgan fingerprint density at radius 3 is 2.48 bits per heavy atom. The zero-order chi connectivity index (χ0) is 16.2. The van der Waals surface area contributed by atoms with Gasteiger partial charge in [-0.1, -0.05) is 41.7 Å². The number of hydrogen-bond acceptors (Lipinski definition) is 4. The number of amides is 1. The van der Waals surface area contributed by atoms with Crippen molar-refractivity contribution < 1.29 is 4.79 Å². The highest BCUT2D eigenvalue weighted by Crippen LogP contribution is 2.28. The van der Waals surface area contributed by atoms with Gasteiger partial charge < -0.3 is 4.90 Å². The summed E-state index contributed by atoms with van der Waals surface area (Å²) < 4.78 is 1.10. The summed E-state index contributed by atoms with van der Waals surface area (Å²) in [5.41, 5.74) is 1.97. The average Bonchev–Trinajstić information content (AvgIpc) is 2.99. The molecule has 5 heteroatoms. The summed E-state index contributed by atoms with van der Waals surface area (Å²) in [6.07, 6.45) is 0. The zero-order valence-electron chi connectivity index (χ0n) is 13.3. The molecule has 0 saturated carbocycles. The Balaban J connectivity index is 1.78. The summed E-state index contributed by atoms with van der Waals surface area (Å²) in [5.74, 6) is 0.0536. The summed E-state index contributed by atoms with van der Waals surface area (Å²) in [7, 11) is 1.93. The number of fused-ring (bicyclic) bond motifs is 1. The first-order valence-electron chi connectivity index (χ1n) is 7.61. The van der Waals surface area contributed by atoms with E-state index in [2.05, 4.69) is 4.98 Å². The number of benzene rings is 2. The molecule has 2 aromatic carbocycles. The number of rotatable bonds is 5. The molecular weight excluding hydrogens is 306 g/mol. The van der Waals surface area contributed by atoms with Crippen LogP contribution in [-0.2, 0) is 4.79 Å². The van der Waals surface area contributed by atoms with Gasteiger partial charge in [0, 0.05) is 19.3 Å². The lowest BCUT2D eigenvalue weighted by molar-refractivity contribution is -0.117. The summed E-state index contributed by atoms with van der Waals surface area (Å²) >= 11 is 1.56. The first kappa shape index (κ1) is 15.5. The second-order valence-corrected chi connectivity index (χ2v) is 6.30. The maximum Gasteiger partial charge on any atom is 0.248 e. The number of thiazole rings is 1. The Kier molecular flexibility index (Phi) is 4.57. The second kappa shape index (κ2) is 6.79. The fourth-order valence-electron chi connectivity index (χ4n) is 2.46.